The lowest BCUT2D eigenvalue weighted by Gasteiger charge is -2.15. The molecule has 0 radical (unpaired) electrons. The third kappa shape index (κ3) is 2.79. The summed E-state index contributed by atoms with van der Waals surface area (Å²) in [6, 6.07) is 5.20. The topological polar surface area (TPSA) is 42.7 Å². The summed E-state index contributed by atoms with van der Waals surface area (Å²) < 4.78 is 15.9. The molecule has 0 saturated carbocycles. The van der Waals surface area contributed by atoms with E-state index in [2.05, 4.69) is 15.5 Å². The molecule has 2 rings (SSSR count). The molecule has 0 aliphatic rings. The standard InChI is InChI=1S/C13H17FN4S/c1-8(15-3)10-6-5-7-11(14)12(10)19-13-17-16-9(2)18(13)4/h5-8,15H,1-4H3. The number of halogens is 1. The average molecular weight is 280 g/mol. The van der Waals surface area contributed by atoms with Gasteiger partial charge in [0, 0.05) is 13.1 Å². The maximum atomic E-state index is 14.1. The third-order valence-electron chi connectivity index (χ3n) is 3.14. The number of nitrogens with one attached hydrogen (secondary N) is 1. The van der Waals surface area contributed by atoms with Crippen LogP contribution in [0.4, 0.5) is 4.39 Å². The molecule has 0 saturated heterocycles. The van der Waals surface area contributed by atoms with E-state index in [4.69, 9.17) is 0 Å². The number of nitrogens with zero attached hydrogens (tertiary/aromatic N) is 3. The number of rotatable bonds is 4. The van der Waals surface area contributed by atoms with E-state index in [0.717, 1.165) is 11.4 Å². The first-order valence-electron chi connectivity index (χ1n) is 6.04. The van der Waals surface area contributed by atoms with Gasteiger partial charge >= 0.3 is 0 Å². The normalized spacial score (nSPS) is 12.7. The summed E-state index contributed by atoms with van der Waals surface area (Å²) in [5, 5.41) is 11.9. The first-order valence-corrected chi connectivity index (χ1v) is 6.85. The van der Waals surface area contributed by atoms with Gasteiger partial charge in [-0.2, -0.15) is 0 Å². The molecule has 1 atom stereocenters. The molecule has 1 unspecified atom stereocenters. The van der Waals surface area contributed by atoms with Gasteiger partial charge in [0.2, 0.25) is 0 Å². The van der Waals surface area contributed by atoms with E-state index in [1.165, 1.54) is 17.8 Å². The highest BCUT2D eigenvalue weighted by Crippen LogP contribution is 2.34. The summed E-state index contributed by atoms with van der Waals surface area (Å²) in [4.78, 5) is 0.597. The maximum Gasteiger partial charge on any atom is 0.195 e. The van der Waals surface area contributed by atoms with Crippen molar-refractivity contribution < 1.29 is 4.39 Å². The van der Waals surface area contributed by atoms with Crippen molar-refractivity contribution in [2.24, 2.45) is 7.05 Å². The van der Waals surface area contributed by atoms with Crippen molar-refractivity contribution >= 4 is 11.8 Å². The maximum absolute atomic E-state index is 14.1. The van der Waals surface area contributed by atoms with Gasteiger partial charge in [0.05, 0.1) is 4.90 Å². The summed E-state index contributed by atoms with van der Waals surface area (Å²) in [6.07, 6.45) is 0. The van der Waals surface area contributed by atoms with Crippen molar-refractivity contribution in [3.8, 4) is 0 Å². The van der Waals surface area contributed by atoms with Crippen molar-refractivity contribution in [3.63, 3.8) is 0 Å². The van der Waals surface area contributed by atoms with Crippen molar-refractivity contribution in [1.82, 2.24) is 20.1 Å². The fourth-order valence-electron chi connectivity index (χ4n) is 1.70. The molecule has 0 aliphatic carbocycles. The summed E-state index contributed by atoms with van der Waals surface area (Å²) in [5.41, 5.74) is 0.924. The molecular formula is C13H17FN4S. The number of hydrogen-bond acceptors (Lipinski definition) is 4. The largest absolute Gasteiger partial charge is 0.313 e. The quantitative estimate of drug-likeness (QED) is 0.935. The summed E-state index contributed by atoms with van der Waals surface area (Å²) in [7, 11) is 3.73. The van der Waals surface area contributed by atoms with Crippen molar-refractivity contribution in [3.05, 3.63) is 35.4 Å². The van der Waals surface area contributed by atoms with Gasteiger partial charge in [0.1, 0.15) is 11.6 Å². The van der Waals surface area contributed by atoms with Crippen LogP contribution in [-0.4, -0.2) is 21.8 Å². The van der Waals surface area contributed by atoms with E-state index in [1.807, 2.05) is 38.6 Å². The van der Waals surface area contributed by atoms with Gasteiger partial charge in [-0.3, -0.25) is 0 Å². The second-order valence-electron chi connectivity index (χ2n) is 4.36. The van der Waals surface area contributed by atoms with Crippen LogP contribution in [-0.2, 0) is 7.05 Å². The SMILES string of the molecule is CNC(C)c1cccc(F)c1Sc1nnc(C)n1C. The Morgan fingerprint density at radius 2 is 2.11 bits per heavy atom. The summed E-state index contributed by atoms with van der Waals surface area (Å²) in [5.74, 6) is 0.576. The predicted molar refractivity (Wildman–Crippen MR) is 73.7 cm³/mol. The first kappa shape index (κ1) is 14.0. The summed E-state index contributed by atoms with van der Waals surface area (Å²) >= 11 is 1.31. The molecule has 2 aromatic rings. The van der Waals surface area contributed by atoms with Crippen LogP contribution in [0, 0.1) is 12.7 Å². The van der Waals surface area contributed by atoms with Crippen LogP contribution in [0.15, 0.2) is 28.3 Å². The number of aromatic nitrogens is 3. The van der Waals surface area contributed by atoms with Gasteiger partial charge in [0.25, 0.3) is 0 Å². The van der Waals surface area contributed by atoms with E-state index in [1.54, 1.807) is 6.07 Å². The van der Waals surface area contributed by atoms with Crippen LogP contribution in [0.3, 0.4) is 0 Å². The number of hydrogen-bond donors (Lipinski definition) is 1. The highest BCUT2D eigenvalue weighted by atomic mass is 32.2. The fraction of sp³-hybridized carbons (Fsp3) is 0.385. The van der Waals surface area contributed by atoms with Crippen molar-refractivity contribution in [1.29, 1.82) is 0 Å². The van der Waals surface area contributed by atoms with Crippen molar-refractivity contribution in [2.45, 2.75) is 29.9 Å². The minimum Gasteiger partial charge on any atom is -0.313 e. The van der Waals surface area contributed by atoms with Gasteiger partial charge < -0.3 is 9.88 Å². The molecule has 0 fully saturated rings. The van der Waals surface area contributed by atoms with Crippen LogP contribution in [0.1, 0.15) is 24.4 Å². The molecule has 6 heteroatoms. The highest BCUT2D eigenvalue weighted by Gasteiger charge is 2.17. The van der Waals surface area contributed by atoms with Crippen LogP contribution in [0.25, 0.3) is 0 Å². The zero-order chi connectivity index (χ0) is 14.0. The lowest BCUT2D eigenvalue weighted by Crippen LogP contribution is -2.13. The Morgan fingerprint density at radius 3 is 2.68 bits per heavy atom. The van der Waals surface area contributed by atoms with Crippen LogP contribution in [0.2, 0.25) is 0 Å². The van der Waals surface area contributed by atoms with E-state index >= 15 is 0 Å². The second-order valence-corrected chi connectivity index (χ2v) is 5.34. The molecule has 0 aliphatic heterocycles. The predicted octanol–water partition coefficient (Wildman–Crippen LogP) is 2.69. The molecule has 1 heterocycles. The summed E-state index contributed by atoms with van der Waals surface area (Å²) in [6.45, 7) is 3.87. The molecule has 1 aromatic heterocycles. The Labute approximate surface area is 116 Å². The Kier molecular flexibility index (Phi) is 4.21. The second kappa shape index (κ2) is 5.71. The smallest absolute Gasteiger partial charge is 0.195 e. The number of benzene rings is 1. The number of aryl methyl sites for hydroxylation is 1. The first-order chi connectivity index (χ1) is 9.04. The Bertz CT molecular complexity index is 582. The minimum absolute atomic E-state index is 0.0764. The molecule has 4 nitrogen and oxygen atoms in total. The van der Waals surface area contributed by atoms with Gasteiger partial charge in [-0.25, -0.2) is 4.39 Å². The third-order valence-corrected chi connectivity index (χ3v) is 4.32. The zero-order valence-electron chi connectivity index (χ0n) is 11.4. The Morgan fingerprint density at radius 1 is 1.37 bits per heavy atom. The van der Waals surface area contributed by atoms with Crippen LogP contribution >= 0.6 is 11.8 Å². The lowest BCUT2D eigenvalue weighted by atomic mass is 10.1. The van der Waals surface area contributed by atoms with Crippen LogP contribution in [0.5, 0.6) is 0 Å². The monoisotopic (exact) mass is 280 g/mol. The van der Waals surface area contributed by atoms with Gasteiger partial charge in [-0.05, 0) is 44.3 Å². The highest BCUT2D eigenvalue weighted by molar-refractivity contribution is 7.99. The fourth-order valence-corrected chi connectivity index (χ4v) is 2.76. The molecule has 102 valence electrons. The van der Waals surface area contributed by atoms with Gasteiger partial charge in [0.15, 0.2) is 5.16 Å². The average Bonchev–Trinajstić information content (AvgIpc) is 2.72. The van der Waals surface area contributed by atoms with E-state index < -0.39 is 0 Å². The molecule has 0 amide bonds. The van der Waals surface area contributed by atoms with Crippen molar-refractivity contribution in [2.75, 3.05) is 7.05 Å². The minimum atomic E-state index is -0.231. The lowest BCUT2D eigenvalue weighted by molar-refractivity contribution is 0.575. The van der Waals surface area contributed by atoms with Crippen LogP contribution < -0.4 is 5.32 Å². The zero-order valence-corrected chi connectivity index (χ0v) is 12.3. The molecule has 1 N–H and O–H groups in total. The Balaban J connectivity index is 2.41. The van der Waals surface area contributed by atoms with E-state index in [9.17, 15) is 4.39 Å². The Hall–Kier alpha value is -1.40. The molecule has 0 spiro atoms. The molecule has 0 bridgehead atoms. The van der Waals surface area contributed by atoms with Gasteiger partial charge in [-0.1, -0.05) is 12.1 Å². The van der Waals surface area contributed by atoms with E-state index in [0.29, 0.717) is 10.1 Å². The van der Waals surface area contributed by atoms with E-state index in [-0.39, 0.29) is 11.9 Å². The van der Waals surface area contributed by atoms with Gasteiger partial charge in [-0.15, -0.1) is 10.2 Å². The molecular weight excluding hydrogens is 263 g/mol. The molecule has 1 aromatic carbocycles. The molecule has 19 heavy (non-hydrogen) atoms.